The Labute approximate surface area is 149 Å². The van der Waals surface area contributed by atoms with Crippen LogP contribution in [0, 0.1) is 3.57 Å². The van der Waals surface area contributed by atoms with Gasteiger partial charge in [-0.15, -0.1) is 0 Å². The molecular formula is C15H10BrClIN3. The summed E-state index contributed by atoms with van der Waals surface area (Å²) < 4.78 is 2.10. The normalized spacial score (nSPS) is 10.8. The van der Waals surface area contributed by atoms with Crippen molar-refractivity contribution in [2.45, 2.75) is 0 Å². The predicted octanol–water partition coefficient (Wildman–Crippen LogP) is 5.35. The number of H-pyrrole nitrogens is 1. The summed E-state index contributed by atoms with van der Waals surface area (Å²) >= 11 is 12.2. The van der Waals surface area contributed by atoms with Crippen molar-refractivity contribution in [3.8, 4) is 22.4 Å². The average Bonchev–Trinajstić information content (AvgIpc) is 2.84. The second-order valence-corrected chi connectivity index (χ2v) is 6.97. The molecule has 0 aliphatic carbocycles. The third kappa shape index (κ3) is 2.82. The molecule has 3 N–H and O–H groups in total. The third-order valence-electron chi connectivity index (χ3n) is 3.14. The molecule has 1 aromatic heterocycles. The molecule has 0 saturated heterocycles. The summed E-state index contributed by atoms with van der Waals surface area (Å²) in [4.78, 5) is 0. The molecule has 106 valence electrons. The number of halogens is 3. The lowest BCUT2D eigenvalue weighted by atomic mass is 10.0. The van der Waals surface area contributed by atoms with E-state index in [-0.39, 0.29) is 0 Å². The molecule has 0 aliphatic heterocycles. The maximum Gasteiger partial charge on any atom is 0.153 e. The molecule has 0 bridgehead atoms. The van der Waals surface area contributed by atoms with Gasteiger partial charge < -0.3 is 5.73 Å². The van der Waals surface area contributed by atoms with Gasteiger partial charge in [-0.05, 0) is 46.9 Å². The highest BCUT2D eigenvalue weighted by Crippen LogP contribution is 2.40. The summed E-state index contributed by atoms with van der Waals surface area (Å²) in [6.45, 7) is 0. The van der Waals surface area contributed by atoms with Crippen LogP contribution in [0.2, 0.25) is 5.02 Å². The second-order valence-electron chi connectivity index (χ2n) is 4.46. The van der Waals surface area contributed by atoms with Gasteiger partial charge in [-0.25, -0.2) is 0 Å². The summed E-state index contributed by atoms with van der Waals surface area (Å²) in [7, 11) is 0. The van der Waals surface area contributed by atoms with E-state index < -0.39 is 0 Å². The number of hydrogen-bond donors (Lipinski definition) is 2. The summed E-state index contributed by atoms with van der Waals surface area (Å²) in [5.41, 5.74) is 9.59. The minimum atomic E-state index is 0.434. The standard InChI is InChI=1S/C15H10BrClIN3/c16-11-6-5-8(18)7-10(11)14-13(15(19)21-20-14)9-3-1-2-4-12(9)17/h1-7H,(H3,19,20,21). The van der Waals surface area contributed by atoms with Crippen molar-refractivity contribution >= 4 is 55.9 Å². The van der Waals surface area contributed by atoms with Crippen molar-refractivity contribution in [2.75, 3.05) is 5.73 Å². The van der Waals surface area contributed by atoms with Crippen LogP contribution >= 0.6 is 50.1 Å². The van der Waals surface area contributed by atoms with Crippen LogP contribution < -0.4 is 5.73 Å². The fourth-order valence-corrected chi connectivity index (χ4v) is 3.34. The number of hydrogen-bond acceptors (Lipinski definition) is 2. The lowest BCUT2D eigenvalue weighted by Crippen LogP contribution is -1.90. The molecule has 0 atom stereocenters. The van der Waals surface area contributed by atoms with Crippen molar-refractivity contribution in [3.63, 3.8) is 0 Å². The number of aromatic nitrogens is 2. The van der Waals surface area contributed by atoms with Gasteiger partial charge >= 0.3 is 0 Å². The van der Waals surface area contributed by atoms with Gasteiger partial charge in [0.25, 0.3) is 0 Å². The molecule has 3 aromatic rings. The van der Waals surface area contributed by atoms with Crippen molar-refractivity contribution in [3.05, 3.63) is 55.5 Å². The van der Waals surface area contributed by atoms with E-state index in [0.717, 1.165) is 30.4 Å². The second kappa shape index (κ2) is 5.98. The number of benzene rings is 2. The monoisotopic (exact) mass is 473 g/mol. The molecule has 0 aliphatic rings. The van der Waals surface area contributed by atoms with Crippen molar-refractivity contribution in [1.82, 2.24) is 10.2 Å². The average molecular weight is 475 g/mol. The zero-order chi connectivity index (χ0) is 15.0. The van der Waals surface area contributed by atoms with Crippen LogP contribution in [0.3, 0.4) is 0 Å². The van der Waals surface area contributed by atoms with E-state index in [9.17, 15) is 0 Å². The number of nitrogens with zero attached hydrogens (tertiary/aromatic N) is 1. The van der Waals surface area contributed by atoms with Crippen LogP contribution in [0.4, 0.5) is 5.82 Å². The molecule has 0 amide bonds. The number of rotatable bonds is 2. The minimum Gasteiger partial charge on any atom is -0.382 e. The Morgan fingerprint density at radius 3 is 2.67 bits per heavy atom. The first-order chi connectivity index (χ1) is 10.1. The molecule has 1 heterocycles. The van der Waals surface area contributed by atoms with E-state index in [0.29, 0.717) is 10.8 Å². The highest BCUT2D eigenvalue weighted by atomic mass is 127. The van der Waals surface area contributed by atoms with Crippen LogP contribution in [-0.4, -0.2) is 10.2 Å². The van der Waals surface area contributed by atoms with Crippen molar-refractivity contribution in [1.29, 1.82) is 0 Å². The van der Waals surface area contributed by atoms with Gasteiger partial charge in [0, 0.05) is 24.2 Å². The number of anilines is 1. The molecule has 21 heavy (non-hydrogen) atoms. The fraction of sp³-hybridized carbons (Fsp3) is 0. The topological polar surface area (TPSA) is 54.7 Å². The smallest absolute Gasteiger partial charge is 0.153 e. The third-order valence-corrected chi connectivity index (χ3v) is 4.83. The van der Waals surface area contributed by atoms with E-state index in [2.05, 4.69) is 54.8 Å². The Balaban J connectivity index is 2.27. The fourth-order valence-electron chi connectivity index (χ4n) is 2.18. The Morgan fingerprint density at radius 2 is 1.90 bits per heavy atom. The molecule has 2 aromatic carbocycles. The van der Waals surface area contributed by atoms with Gasteiger partial charge in [0.05, 0.1) is 11.3 Å². The van der Waals surface area contributed by atoms with E-state index in [1.54, 1.807) is 0 Å². The van der Waals surface area contributed by atoms with Gasteiger partial charge in [-0.1, -0.05) is 45.7 Å². The molecule has 0 fully saturated rings. The Hall–Kier alpha value is -1.05. The molecule has 0 saturated carbocycles. The van der Waals surface area contributed by atoms with Crippen molar-refractivity contribution in [2.24, 2.45) is 0 Å². The van der Waals surface area contributed by atoms with Crippen LogP contribution in [0.25, 0.3) is 22.4 Å². The first-order valence-electron chi connectivity index (χ1n) is 6.12. The Morgan fingerprint density at radius 1 is 1.14 bits per heavy atom. The highest BCUT2D eigenvalue weighted by molar-refractivity contribution is 14.1. The molecule has 6 heteroatoms. The Bertz CT molecular complexity index is 816. The number of aromatic amines is 1. The first-order valence-corrected chi connectivity index (χ1v) is 8.37. The summed E-state index contributed by atoms with van der Waals surface area (Å²) in [6.07, 6.45) is 0. The molecule has 0 unspecified atom stereocenters. The van der Waals surface area contributed by atoms with Crippen LogP contribution in [-0.2, 0) is 0 Å². The summed E-state index contributed by atoms with van der Waals surface area (Å²) in [5.74, 6) is 0.434. The van der Waals surface area contributed by atoms with Gasteiger partial charge in [0.1, 0.15) is 0 Å². The summed E-state index contributed by atoms with van der Waals surface area (Å²) in [5, 5.41) is 7.82. The lowest BCUT2D eigenvalue weighted by molar-refractivity contribution is 1.10. The van der Waals surface area contributed by atoms with E-state index in [1.165, 1.54) is 0 Å². The SMILES string of the molecule is Nc1n[nH]c(-c2cc(I)ccc2Br)c1-c1ccccc1Cl. The molecule has 0 radical (unpaired) electrons. The maximum absolute atomic E-state index is 6.31. The molecule has 0 spiro atoms. The van der Waals surface area contributed by atoms with Gasteiger partial charge in [0.15, 0.2) is 5.82 Å². The van der Waals surface area contributed by atoms with Crippen LogP contribution in [0.15, 0.2) is 46.9 Å². The zero-order valence-electron chi connectivity index (χ0n) is 10.7. The van der Waals surface area contributed by atoms with E-state index >= 15 is 0 Å². The van der Waals surface area contributed by atoms with E-state index in [1.807, 2.05) is 36.4 Å². The predicted molar refractivity (Wildman–Crippen MR) is 99.3 cm³/mol. The lowest BCUT2D eigenvalue weighted by Gasteiger charge is -2.08. The number of nitrogen functional groups attached to an aromatic ring is 1. The summed E-state index contributed by atoms with van der Waals surface area (Å²) in [6, 6.07) is 13.7. The van der Waals surface area contributed by atoms with Crippen molar-refractivity contribution < 1.29 is 0 Å². The van der Waals surface area contributed by atoms with E-state index in [4.69, 9.17) is 17.3 Å². The maximum atomic E-state index is 6.31. The highest BCUT2D eigenvalue weighted by Gasteiger charge is 2.18. The quantitative estimate of drug-likeness (QED) is 0.492. The van der Waals surface area contributed by atoms with Crippen LogP contribution in [0.1, 0.15) is 0 Å². The van der Waals surface area contributed by atoms with Gasteiger partial charge in [-0.2, -0.15) is 5.10 Å². The minimum absolute atomic E-state index is 0.434. The molecular weight excluding hydrogens is 464 g/mol. The largest absolute Gasteiger partial charge is 0.382 e. The molecule has 3 rings (SSSR count). The number of nitrogens with one attached hydrogen (secondary N) is 1. The first kappa shape index (κ1) is 14.9. The zero-order valence-corrected chi connectivity index (χ0v) is 15.2. The molecule has 3 nitrogen and oxygen atoms in total. The Kier molecular flexibility index (Phi) is 4.24. The number of nitrogens with two attached hydrogens (primary N) is 1. The van der Waals surface area contributed by atoms with Gasteiger partial charge in [-0.3, -0.25) is 5.10 Å². The van der Waals surface area contributed by atoms with Gasteiger partial charge in [0.2, 0.25) is 0 Å². The van der Waals surface area contributed by atoms with Crippen LogP contribution in [0.5, 0.6) is 0 Å².